The fourth-order valence-corrected chi connectivity index (χ4v) is 2.67. The first-order valence-corrected chi connectivity index (χ1v) is 6.48. The van der Waals surface area contributed by atoms with Gasteiger partial charge in [0.15, 0.2) is 0 Å². The van der Waals surface area contributed by atoms with Gasteiger partial charge in [0.2, 0.25) is 0 Å². The third-order valence-electron chi connectivity index (χ3n) is 3.96. The van der Waals surface area contributed by atoms with Crippen molar-refractivity contribution in [2.45, 2.75) is 50.2 Å². The zero-order valence-corrected chi connectivity index (χ0v) is 10.8. The largest absolute Gasteiger partial charge is 0.390 e. The summed E-state index contributed by atoms with van der Waals surface area (Å²) < 4.78 is 1.82. The molecule has 1 heterocycles. The SMILES string of the molecule is CNC1CCC(O)(CCc2cnn(C)c2)CC1. The van der Waals surface area contributed by atoms with Crippen LogP contribution in [0, 0.1) is 0 Å². The topological polar surface area (TPSA) is 50.1 Å². The van der Waals surface area contributed by atoms with Gasteiger partial charge in [-0.05, 0) is 51.1 Å². The maximum absolute atomic E-state index is 10.5. The Morgan fingerprint density at radius 1 is 1.53 bits per heavy atom. The van der Waals surface area contributed by atoms with E-state index in [4.69, 9.17) is 0 Å². The van der Waals surface area contributed by atoms with E-state index < -0.39 is 5.60 Å². The number of hydrogen-bond donors (Lipinski definition) is 2. The minimum Gasteiger partial charge on any atom is -0.390 e. The van der Waals surface area contributed by atoms with Gasteiger partial charge in [-0.2, -0.15) is 5.10 Å². The standard InChI is InChI=1S/C13H23N3O/c1-14-12-4-7-13(17,8-5-12)6-3-11-9-15-16(2)10-11/h9-10,12,14,17H,3-8H2,1-2H3. The number of hydrogen-bond acceptors (Lipinski definition) is 3. The van der Waals surface area contributed by atoms with Crippen LogP contribution in [0.25, 0.3) is 0 Å². The Bertz CT molecular complexity index is 353. The fourth-order valence-electron chi connectivity index (χ4n) is 2.67. The van der Waals surface area contributed by atoms with Crippen LogP contribution >= 0.6 is 0 Å². The van der Waals surface area contributed by atoms with E-state index in [1.165, 1.54) is 5.56 Å². The Balaban J connectivity index is 1.82. The molecule has 1 saturated carbocycles. The maximum atomic E-state index is 10.5. The first kappa shape index (κ1) is 12.6. The highest BCUT2D eigenvalue weighted by atomic mass is 16.3. The lowest BCUT2D eigenvalue weighted by atomic mass is 9.79. The van der Waals surface area contributed by atoms with Crippen molar-refractivity contribution in [3.05, 3.63) is 18.0 Å². The third-order valence-corrected chi connectivity index (χ3v) is 3.96. The summed E-state index contributed by atoms with van der Waals surface area (Å²) >= 11 is 0. The van der Waals surface area contributed by atoms with Gasteiger partial charge in [0, 0.05) is 19.3 Å². The van der Waals surface area contributed by atoms with E-state index in [9.17, 15) is 5.11 Å². The van der Waals surface area contributed by atoms with Crippen LogP contribution < -0.4 is 5.32 Å². The van der Waals surface area contributed by atoms with E-state index in [1.54, 1.807) is 0 Å². The van der Waals surface area contributed by atoms with Crippen LogP contribution in [-0.2, 0) is 13.5 Å². The van der Waals surface area contributed by atoms with Crippen molar-refractivity contribution in [1.29, 1.82) is 0 Å². The van der Waals surface area contributed by atoms with E-state index in [0.717, 1.165) is 38.5 Å². The summed E-state index contributed by atoms with van der Waals surface area (Å²) in [5.41, 5.74) is 0.764. The molecule has 0 aliphatic heterocycles. The smallest absolute Gasteiger partial charge is 0.0652 e. The quantitative estimate of drug-likeness (QED) is 0.828. The number of nitrogens with one attached hydrogen (secondary N) is 1. The highest BCUT2D eigenvalue weighted by Crippen LogP contribution is 2.32. The molecule has 2 N–H and O–H groups in total. The molecule has 0 aromatic carbocycles. The number of rotatable bonds is 4. The van der Waals surface area contributed by atoms with Crippen molar-refractivity contribution in [2.75, 3.05) is 7.05 Å². The van der Waals surface area contributed by atoms with Gasteiger partial charge in [-0.25, -0.2) is 0 Å². The molecule has 2 rings (SSSR count). The molecule has 0 saturated heterocycles. The van der Waals surface area contributed by atoms with E-state index in [0.29, 0.717) is 6.04 Å². The zero-order valence-electron chi connectivity index (χ0n) is 10.8. The number of nitrogens with zero attached hydrogens (tertiary/aromatic N) is 2. The molecule has 1 aromatic heterocycles. The van der Waals surface area contributed by atoms with E-state index in [2.05, 4.69) is 10.4 Å². The molecule has 4 heteroatoms. The Morgan fingerprint density at radius 3 is 2.76 bits per heavy atom. The molecule has 0 amide bonds. The first-order chi connectivity index (χ1) is 8.11. The molecule has 0 spiro atoms. The molecule has 17 heavy (non-hydrogen) atoms. The Labute approximate surface area is 103 Å². The minimum absolute atomic E-state index is 0.455. The molecule has 1 aliphatic rings. The highest BCUT2D eigenvalue weighted by molar-refractivity contribution is 5.05. The zero-order chi connectivity index (χ0) is 12.3. The van der Waals surface area contributed by atoms with Crippen LogP contribution in [0.3, 0.4) is 0 Å². The van der Waals surface area contributed by atoms with Crippen molar-refractivity contribution >= 4 is 0 Å². The number of aliphatic hydroxyl groups is 1. The monoisotopic (exact) mass is 237 g/mol. The van der Waals surface area contributed by atoms with Gasteiger partial charge in [-0.15, -0.1) is 0 Å². The molecule has 96 valence electrons. The van der Waals surface area contributed by atoms with Gasteiger partial charge in [0.1, 0.15) is 0 Å². The van der Waals surface area contributed by atoms with Crippen molar-refractivity contribution in [3.8, 4) is 0 Å². The second-order valence-corrected chi connectivity index (χ2v) is 5.31. The van der Waals surface area contributed by atoms with E-state index >= 15 is 0 Å². The summed E-state index contributed by atoms with van der Waals surface area (Å²) in [4.78, 5) is 0. The summed E-state index contributed by atoms with van der Waals surface area (Å²) in [5, 5.41) is 17.9. The van der Waals surface area contributed by atoms with Crippen molar-refractivity contribution in [2.24, 2.45) is 7.05 Å². The average Bonchev–Trinajstić information content (AvgIpc) is 2.74. The lowest BCUT2D eigenvalue weighted by molar-refractivity contribution is -0.0100. The third kappa shape index (κ3) is 3.30. The van der Waals surface area contributed by atoms with Crippen molar-refractivity contribution in [1.82, 2.24) is 15.1 Å². The van der Waals surface area contributed by atoms with Crippen LogP contribution in [0.4, 0.5) is 0 Å². The molecule has 1 aliphatic carbocycles. The molecule has 0 radical (unpaired) electrons. The molecule has 1 aromatic rings. The van der Waals surface area contributed by atoms with Crippen LogP contribution in [0.2, 0.25) is 0 Å². The summed E-state index contributed by atoms with van der Waals surface area (Å²) in [7, 11) is 3.93. The average molecular weight is 237 g/mol. The maximum Gasteiger partial charge on any atom is 0.0652 e. The van der Waals surface area contributed by atoms with Gasteiger partial charge < -0.3 is 10.4 Å². The van der Waals surface area contributed by atoms with Crippen LogP contribution in [0.1, 0.15) is 37.7 Å². The van der Waals surface area contributed by atoms with Gasteiger partial charge in [-0.1, -0.05) is 0 Å². The molecular weight excluding hydrogens is 214 g/mol. The predicted molar refractivity (Wildman–Crippen MR) is 67.8 cm³/mol. The van der Waals surface area contributed by atoms with E-state index in [1.807, 2.05) is 31.2 Å². The number of aryl methyl sites for hydroxylation is 2. The highest BCUT2D eigenvalue weighted by Gasteiger charge is 2.32. The first-order valence-electron chi connectivity index (χ1n) is 6.48. The molecule has 0 atom stereocenters. The second kappa shape index (κ2) is 5.19. The van der Waals surface area contributed by atoms with Crippen LogP contribution in [0.15, 0.2) is 12.4 Å². The van der Waals surface area contributed by atoms with Crippen LogP contribution in [-0.4, -0.2) is 33.6 Å². The molecule has 0 unspecified atom stereocenters. The second-order valence-electron chi connectivity index (χ2n) is 5.31. The predicted octanol–water partition coefficient (Wildman–Crippen LogP) is 1.25. The summed E-state index contributed by atoms with van der Waals surface area (Å²) in [6.07, 6.45) is 9.70. The normalized spacial score (nSPS) is 29.5. The Hall–Kier alpha value is -0.870. The van der Waals surface area contributed by atoms with E-state index in [-0.39, 0.29) is 0 Å². The fraction of sp³-hybridized carbons (Fsp3) is 0.769. The lowest BCUT2D eigenvalue weighted by Crippen LogP contribution is -2.40. The van der Waals surface area contributed by atoms with Crippen LogP contribution in [0.5, 0.6) is 0 Å². The summed E-state index contributed by atoms with van der Waals surface area (Å²) in [6.45, 7) is 0. The van der Waals surface area contributed by atoms with Gasteiger partial charge in [0.25, 0.3) is 0 Å². The van der Waals surface area contributed by atoms with Gasteiger partial charge in [-0.3, -0.25) is 4.68 Å². The van der Waals surface area contributed by atoms with Gasteiger partial charge in [0.05, 0.1) is 11.8 Å². The molecule has 1 fully saturated rings. The Kier molecular flexibility index (Phi) is 3.84. The molecule has 4 nitrogen and oxygen atoms in total. The lowest BCUT2D eigenvalue weighted by Gasteiger charge is -2.36. The van der Waals surface area contributed by atoms with Crippen molar-refractivity contribution in [3.63, 3.8) is 0 Å². The number of aromatic nitrogens is 2. The van der Waals surface area contributed by atoms with Gasteiger partial charge >= 0.3 is 0 Å². The minimum atomic E-state index is -0.455. The summed E-state index contributed by atoms with van der Waals surface area (Å²) in [5.74, 6) is 0. The summed E-state index contributed by atoms with van der Waals surface area (Å²) in [6, 6.07) is 0.591. The molecule has 0 bridgehead atoms. The molecular formula is C13H23N3O. The van der Waals surface area contributed by atoms with Crippen molar-refractivity contribution < 1.29 is 5.11 Å². The Morgan fingerprint density at radius 2 is 2.24 bits per heavy atom.